The molecule has 0 atom stereocenters. The smallest absolute Gasteiger partial charge is 0.236 e. The van der Waals surface area contributed by atoms with E-state index in [0.29, 0.717) is 13.1 Å². The van der Waals surface area contributed by atoms with Gasteiger partial charge in [0.25, 0.3) is 0 Å². The van der Waals surface area contributed by atoms with Crippen LogP contribution in [0.5, 0.6) is 0 Å². The van der Waals surface area contributed by atoms with E-state index in [1.165, 1.54) is 5.56 Å². The van der Waals surface area contributed by atoms with E-state index in [9.17, 15) is 4.79 Å². The number of hydrogen-bond donors (Lipinski definition) is 1. The molecule has 1 amide bonds. The maximum absolute atomic E-state index is 11.9. The fraction of sp³-hybridized carbons (Fsp3) is 0.400. The number of hydrogen-bond acceptors (Lipinski definition) is 2. The molecular weight excluding hydrogens is 224 g/mol. The molecule has 3 heteroatoms. The van der Waals surface area contributed by atoms with Gasteiger partial charge >= 0.3 is 0 Å². The molecule has 0 bridgehead atoms. The van der Waals surface area contributed by atoms with E-state index in [1.54, 1.807) is 0 Å². The van der Waals surface area contributed by atoms with Crippen molar-refractivity contribution in [1.82, 2.24) is 10.2 Å². The van der Waals surface area contributed by atoms with Crippen LogP contribution in [0.25, 0.3) is 0 Å². The number of carbonyl (C=O) groups is 1. The van der Waals surface area contributed by atoms with Crippen LogP contribution in [-0.2, 0) is 11.2 Å². The van der Waals surface area contributed by atoms with Gasteiger partial charge in [0.2, 0.25) is 5.91 Å². The average molecular weight is 244 g/mol. The van der Waals surface area contributed by atoms with Crippen LogP contribution in [-0.4, -0.2) is 37.0 Å². The van der Waals surface area contributed by atoms with Crippen molar-refractivity contribution in [1.29, 1.82) is 0 Å². The Labute approximate surface area is 109 Å². The number of amides is 1. The number of rotatable bonds is 7. The first kappa shape index (κ1) is 14.3. The van der Waals surface area contributed by atoms with Crippen molar-refractivity contribution in [2.75, 3.05) is 26.2 Å². The van der Waals surface area contributed by atoms with Gasteiger partial charge in [0.1, 0.15) is 0 Å². The third-order valence-corrected chi connectivity index (χ3v) is 2.75. The molecule has 0 heterocycles. The van der Waals surface area contributed by atoms with E-state index in [0.717, 1.165) is 19.5 Å². The molecule has 18 heavy (non-hydrogen) atoms. The first-order valence-corrected chi connectivity index (χ1v) is 6.23. The van der Waals surface area contributed by atoms with Gasteiger partial charge in [0.05, 0.1) is 13.1 Å². The second-order valence-electron chi connectivity index (χ2n) is 4.02. The Bertz CT molecular complexity index is 395. The second-order valence-corrected chi connectivity index (χ2v) is 4.02. The molecule has 0 spiro atoms. The van der Waals surface area contributed by atoms with Crippen LogP contribution in [0, 0.1) is 12.3 Å². The standard InChI is InChI=1S/C15H20N2O/c1-3-11-16-13-15(18)17(4-2)12-10-14-8-6-5-7-9-14/h1,5-9,16H,4,10-13H2,2H3. The quantitative estimate of drug-likeness (QED) is 0.579. The van der Waals surface area contributed by atoms with Crippen LogP contribution >= 0.6 is 0 Å². The highest BCUT2D eigenvalue weighted by Crippen LogP contribution is 2.01. The maximum Gasteiger partial charge on any atom is 0.236 e. The predicted molar refractivity (Wildman–Crippen MR) is 74.1 cm³/mol. The molecule has 1 aromatic rings. The molecule has 0 saturated heterocycles. The molecule has 1 aromatic carbocycles. The number of nitrogens with zero attached hydrogens (tertiary/aromatic N) is 1. The summed E-state index contributed by atoms with van der Waals surface area (Å²) in [7, 11) is 0. The largest absolute Gasteiger partial charge is 0.342 e. The first-order valence-electron chi connectivity index (χ1n) is 6.23. The Morgan fingerprint density at radius 1 is 1.39 bits per heavy atom. The summed E-state index contributed by atoms with van der Waals surface area (Å²) < 4.78 is 0. The van der Waals surface area contributed by atoms with Crippen molar-refractivity contribution in [3.05, 3.63) is 35.9 Å². The Balaban J connectivity index is 2.37. The highest BCUT2D eigenvalue weighted by Gasteiger charge is 2.10. The van der Waals surface area contributed by atoms with E-state index in [4.69, 9.17) is 6.42 Å². The molecule has 0 aromatic heterocycles. The Hall–Kier alpha value is -1.79. The normalized spacial score (nSPS) is 9.78. The number of carbonyl (C=O) groups excluding carboxylic acids is 1. The number of benzene rings is 1. The average Bonchev–Trinajstić information content (AvgIpc) is 2.41. The molecule has 0 aliphatic rings. The third kappa shape index (κ3) is 5.03. The van der Waals surface area contributed by atoms with Crippen molar-refractivity contribution >= 4 is 5.91 Å². The SMILES string of the molecule is C#CCNCC(=O)N(CC)CCc1ccccc1. The summed E-state index contributed by atoms with van der Waals surface area (Å²) in [5, 5.41) is 2.92. The molecule has 0 unspecified atom stereocenters. The van der Waals surface area contributed by atoms with Crippen LogP contribution < -0.4 is 5.32 Å². The van der Waals surface area contributed by atoms with Crippen LogP contribution in [0.15, 0.2) is 30.3 Å². The zero-order valence-corrected chi connectivity index (χ0v) is 10.9. The van der Waals surface area contributed by atoms with E-state index in [2.05, 4.69) is 23.4 Å². The molecule has 1 rings (SSSR count). The van der Waals surface area contributed by atoms with Gasteiger partial charge in [0.15, 0.2) is 0 Å². The van der Waals surface area contributed by atoms with Crippen molar-refractivity contribution in [3.8, 4) is 12.3 Å². The summed E-state index contributed by atoms with van der Waals surface area (Å²) in [5.74, 6) is 2.56. The molecular formula is C15H20N2O. The Morgan fingerprint density at radius 2 is 2.11 bits per heavy atom. The van der Waals surface area contributed by atoms with Gasteiger partial charge in [-0.1, -0.05) is 36.3 Å². The molecule has 0 aliphatic carbocycles. The minimum atomic E-state index is 0.101. The summed E-state index contributed by atoms with van der Waals surface area (Å²) in [6.07, 6.45) is 6.01. The first-order chi connectivity index (χ1) is 8.77. The second kappa shape index (κ2) is 8.32. The van der Waals surface area contributed by atoms with Crippen molar-refractivity contribution in [2.45, 2.75) is 13.3 Å². The lowest BCUT2D eigenvalue weighted by Crippen LogP contribution is -2.39. The van der Waals surface area contributed by atoms with Gasteiger partial charge in [-0.2, -0.15) is 0 Å². The predicted octanol–water partition coefficient (Wildman–Crippen LogP) is 1.30. The van der Waals surface area contributed by atoms with Gasteiger partial charge in [-0.25, -0.2) is 0 Å². The third-order valence-electron chi connectivity index (χ3n) is 2.75. The van der Waals surface area contributed by atoms with Gasteiger partial charge in [-0.3, -0.25) is 10.1 Å². The lowest BCUT2D eigenvalue weighted by atomic mass is 10.1. The molecule has 0 aliphatic heterocycles. The topological polar surface area (TPSA) is 32.3 Å². The van der Waals surface area contributed by atoms with E-state index >= 15 is 0 Å². The van der Waals surface area contributed by atoms with Gasteiger partial charge in [-0.15, -0.1) is 6.42 Å². The van der Waals surface area contributed by atoms with Crippen molar-refractivity contribution in [2.24, 2.45) is 0 Å². The zero-order valence-electron chi connectivity index (χ0n) is 10.9. The van der Waals surface area contributed by atoms with Crippen LogP contribution in [0.3, 0.4) is 0 Å². The molecule has 0 fully saturated rings. The summed E-state index contributed by atoms with van der Waals surface area (Å²) in [5.41, 5.74) is 1.25. The lowest BCUT2D eigenvalue weighted by Gasteiger charge is -2.21. The zero-order chi connectivity index (χ0) is 13.2. The molecule has 1 N–H and O–H groups in total. The number of nitrogens with one attached hydrogen (secondary N) is 1. The van der Waals surface area contributed by atoms with Gasteiger partial charge in [-0.05, 0) is 18.9 Å². The minimum Gasteiger partial charge on any atom is -0.342 e. The number of likely N-dealkylation sites (N-methyl/N-ethyl adjacent to an activating group) is 1. The minimum absolute atomic E-state index is 0.101. The van der Waals surface area contributed by atoms with E-state index < -0.39 is 0 Å². The summed E-state index contributed by atoms with van der Waals surface area (Å²) >= 11 is 0. The monoisotopic (exact) mass is 244 g/mol. The van der Waals surface area contributed by atoms with Gasteiger partial charge < -0.3 is 4.90 Å². The lowest BCUT2D eigenvalue weighted by molar-refractivity contribution is -0.129. The maximum atomic E-state index is 11.9. The molecule has 3 nitrogen and oxygen atoms in total. The fourth-order valence-corrected chi connectivity index (χ4v) is 1.72. The summed E-state index contributed by atoms with van der Waals surface area (Å²) in [6, 6.07) is 10.2. The molecule has 0 saturated carbocycles. The fourth-order valence-electron chi connectivity index (χ4n) is 1.72. The van der Waals surface area contributed by atoms with Crippen molar-refractivity contribution < 1.29 is 4.79 Å². The Kier molecular flexibility index (Phi) is 6.60. The summed E-state index contributed by atoms with van der Waals surface area (Å²) in [4.78, 5) is 13.7. The van der Waals surface area contributed by atoms with Crippen molar-refractivity contribution in [3.63, 3.8) is 0 Å². The highest BCUT2D eigenvalue weighted by molar-refractivity contribution is 5.78. The van der Waals surface area contributed by atoms with Crippen LogP contribution in [0.4, 0.5) is 0 Å². The number of terminal acetylenes is 1. The van der Waals surface area contributed by atoms with Crippen LogP contribution in [0.1, 0.15) is 12.5 Å². The van der Waals surface area contributed by atoms with E-state index in [-0.39, 0.29) is 5.91 Å². The highest BCUT2D eigenvalue weighted by atomic mass is 16.2. The van der Waals surface area contributed by atoms with Gasteiger partial charge in [0, 0.05) is 13.1 Å². The summed E-state index contributed by atoms with van der Waals surface area (Å²) in [6.45, 7) is 4.21. The molecule has 96 valence electrons. The van der Waals surface area contributed by atoms with E-state index in [1.807, 2.05) is 30.0 Å². The van der Waals surface area contributed by atoms with Crippen LogP contribution in [0.2, 0.25) is 0 Å². The Morgan fingerprint density at radius 3 is 2.72 bits per heavy atom. The molecule has 0 radical (unpaired) electrons.